The summed E-state index contributed by atoms with van der Waals surface area (Å²) in [6.07, 6.45) is -0.928. The maximum Gasteiger partial charge on any atom is 0.316 e. The second kappa shape index (κ2) is 9.08. The molecular weight excluding hydrogens is 388 g/mol. The monoisotopic (exact) mass is 400 g/mol. The lowest BCUT2D eigenvalue weighted by atomic mass is 10.3. The summed E-state index contributed by atoms with van der Waals surface area (Å²) < 4.78 is 5.82. The van der Waals surface area contributed by atoms with Gasteiger partial charge < -0.3 is 10.1 Å². The molecule has 0 aromatic carbocycles. The predicted molar refractivity (Wildman–Crippen MR) is 98.7 cm³/mol. The first-order chi connectivity index (χ1) is 11.5. The zero-order chi connectivity index (χ0) is 17.5. The van der Waals surface area contributed by atoms with Gasteiger partial charge in [0.05, 0.1) is 15.7 Å². The van der Waals surface area contributed by atoms with Crippen LogP contribution in [0.3, 0.4) is 0 Å². The number of hydrogen-bond donors (Lipinski definition) is 1. The number of hydrogen-bond acceptors (Lipinski definition) is 7. The highest BCUT2D eigenvalue weighted by Crippen LogP contribution is 2.25. The van der Waals surface area contributed by atoms with Gasteiger partial charge in [0.1, 0.15) is 11.1 Å². The summed E-state index contributed by atoms with van der Waals surface area (Å²) in [7, 11) is 0. The topological polar surface area (TPSA) is 79.2 Å². The molecule has 2 aromatic rings. The maximum atomic E-state index is 12.0. The highest BCUT2D eigenvalue weighted by molar-refractivity contribution is 7.99. The van der Waals surface area contributed by atoms with Gasteiger partial charge in [-0.15, -0.1) is 34.4 Å². The Morgan fingerprint density at radius 3 is 2.92 bits per heavy atom. The van der Waals surface area contributed by atoms with Crippen molar-refractivity contribution in [1.29, 1.82) is 5.26 Å². The van der Waals surface area contributed by atoms with Gasteiger partial charge in [-0.2, -0.15) is 5.26 Å². The molecule has 1 N–H and O–H groups in total. The second-order valence-corrected chi connectivity index (χ2v) is 8.30. The lowest BCUT2D eigenvalue weighted by Gasteiger charge is -2.12. The summed E-state index contributed by atoms with van der Waals surface area (Å²) in [6, 6.07) is 7.32. The molecular formula is C15H13ClN2O3S3. The molecule has 2 heterocycles. The molecule has 24 heavy (non-hydrogen) atoms. The largest absolute Gasteiger partial charge is 0.452 e. The first-order valence-corrected chi connectivity index (χ1v) is 10.0. The summed E-state index contributed by atoms with van der Waals surface area (Å²) in [4.78, 5) is 24.9. The van der Waals surface area contributed by atoms with Crippen LogP contribution in [-0.4, -0.2) is 23.7 Å². The highest BCUT2D eigenvalue weighted by Gasteiger charge is 2.19. The molecule has 0 aliphatic carbocycles. The van der Waals surface area contributed by atoms with Crippen molar-refractivity contribution in [3.63, 3.8) is 0 Å². The van der Waals surface area contributed by atoms with E-state index in [0.29, 0.717) is 20.7 Å². The van der Waals surface area contributed by atoms with E-state index in [4.69, 9.17) is 21.6 Å². The van der Waals surface area contributed by atoms with Gasteiger partial charge in [0, 0.05) is 10.6 Å². The van der Waals surface area contributed by atoms with Crippen molar-refractivity contribution in [2.75, 3.05) is 11.1 Å². The van der Waals surface area contributed by atoms with Gasteiger partial charge in [-0.3, -0.25) is 9.59 Å². The normalized spacial score (nSPS) is 11.5. The van der Waals surface area contributed by atoms with Gasteiger partial charge in [0.2, 0.25) is 0 Å². The average molecular weight is 401 g/mol. The molecule has 1 amide bonds. The van der Waals surface area contributed by atoms with Crippen LogP contribution in [0.15, 0.2) is 23.6 Å². The van der Waals surface area contributed by atoms with Gasteiger partial charge in [-0.05, 0) is 30.5 Å². The van der Waals surface area contributed by atoms with E-state index in [1.807, 2.05) is 18.2 Å². The number of carbonyl (C=O) groups is 2. The SMILES string of the molecule is C[C@@H](OC(=O)CSCc1ccc(Cl)s1)C(=O)Nc1sccc1C#N. The van der Waals surface area contributed by atoms with E-state index in [1.165, 1.54) is 41.4 Å². The molecule has 0 bridgehead atoms. The number of nitriles is 1. The Balaban J connectivity index is 1.74. The van der Waals surface area contributed by atoms with Gasteiger partial charge in [-0.25, -0.2) is 0 Å². The minimum Gasteiger partial charge on any atom is -0.452 e. The molecule has 0 unspecified atom stereocenters. The van der Waals surface area contributed by atoms with E-state index >= 15 is 0 Å². The number of nitrogens with one attached hydrogen (secondary N) is 1. The van der Waals surface area contributed by atoms with Gasteiger partial charge in [-0.1, -0.05) is 11.6 Å². The van der Waals surface area contributed by atoms with Crippen molar-refractivity contribution in [3.8, 4) is 6.07 Å². The van der Waals surface area contributed by atoms with E-state index in [2.05, 4.69) is 5.32 Å². The van der Waals surface area contributed by atoms with Crippen LogP contribution in [0.5, 0.6) is 0 Å². The third-order valence-corrected chi connectivity index (χ3v) is 5.99. The number of amides is 1. The third-order valence-electron chi connectivity index (χ3n) is 2.79. The zero-order valence-electron chi connectivity index (χ0n) is 12.6. The molecule has 0 spiro atoms. The molecule has 0 fully saturated rings. The van der Waals surface area contributed by atoms with Crippen LogP contribution >= 0.6 is 46.0 Å². The minimum atomic E-state index is -0.928. The minimum absolute atomic E-state index is 0.148. The molecule has 0 aliphatic heterocycles. The number of thioether (sulfide) groups is 1. The van der Waals surface area contributed by atoms with Crippen LogP contribution in [0.2, 0.25) is 4.34 Å². The van der Waals surface area contributed by atoms with Crippen LogP contribution in [-0.2, 0) is 20.1 Å². The number of thiophene rings is 2. The number of ether oxygens (including phenoxy) is 1. The summed E-state index contributed by atoms with van der Waals surface area (Å²) in [5, 5.41) is 13.7. The van der Waals surface area contributed by atoms with E-state index in [0.717, 1.165) is 4.88 Å². The molecule has 9 heteroatoms. The van der Waals surface area contributed by atoms with Crippen molar-refractivity contribution in [1.82, 2.24) is 0 Å². The molecule has 1 atom stereocenters. The average Bonchev–Trinajstić information content (AvgIpc) is 3.15. The third kappa shape index (κ3) is 5.53. The fourth-order valence-electron chi connectivity index (χ4n) is 1.66. The smallest absolute Gasteiger partial charge is 0.316 e. The molecule has 0 aliphatic rings. The summed E-state index contributed by atoms with van der Waals surface area (Å²) >= 11 is 9.95. The molecule has 126 valence electrons. The van der Waals surface area contributed by atoms with Crippen molar-refractivity contribution < 1.29 is 14.3 Å². The van der Waals surface area contributed by atoms with Gasteiger partial charge in [0.15, 0.2) is 6.10 Å². The van der Waals surface area contributed by atoms with Crippen molar-refractivity contribution >= 4 is 62.9 Å². The highest BCUT2D eigenvalue weighted by atomic mass is 35.5. The Kier molecular flexibility index (Phi) is 7.12. The van der Waals surface area contributed by atoms with Crippen LogP contribution < -0.4 is 5.32 Å². The molecule has 0 saturated carbocycles. The summed E-state index contributed by atoms with van der Waals surface area (Å²) in [5.41, 5.74) is 0.386. The standard InChI is InChI=1S/C15H13ClN2O3S3/c1-9(14(20)18-15-10(6-17)4-5-23-15)21-13(19)8-22-7-11-2-3-12(16)24-11/h2-5,9H,7-8H2,1H3,(H,18,20)/t9-/m1/s1. The first-order valence-electron chi connectivity index (χ1n) is 6.79. The number of nitrogens with zero attached hydrogens (tertiary/aromatic N) is 1. The molecule has 0 saturated heterocycles. The van der Waals surface area contributed by atoms with Crippen molar-refractivity contribution in [2.45, 2.75) is 18.8 Å². The fourth-order valence-corrected chi connectivity index (χ4v) is 4.40. The van der Waals surface area contributed by atoms with Crippen LogP contribution in [0.1, 0.15) is 17.4 Å². The fraction of sp³-hybridized carbons (Fsp3) is 0.267. The van der Waals surface area contributed by atoms with Gasteiger partial charge >= 0.3 is 5.97 Å². The zero-order valence-corrected chi connectivity index (χ0v) is 15.8. The lowest BCUT2D eigenvalue weighted by molar-refractivity contribution is -0.150. The first kappa shape index (κ1) is 18.8. The van der Waals surface area contributed by atoms with E-state index in [9.17, 15) is 9.59 Å². The number of esters is 1. The molecule has 2 aromatic heterocycles. The predicted octanol–water partition coefficient (Wildman–Crippen LogP) is 4.14. The molecule has 2 rings (SSSR count). The number of carbonyl (C=O) groups excluding carboxylic acids is 2. The Labute approximate surface area is 156 Å². The quantitative estimate of drug-likeness (QED) is 0.706. The number of halogens is 1. The maximum absolute atomic E-state index is 12.0. The van der Waals surface area contributed by atoms with E-state index in [1.54, 1.807) is 11.4 Å². The van der Waals surface area contributed by atoms with Crippen LogP contribution in [0, 0.1) is 11.3 Å². The number of rotatable bonds is 7. The van der Waals surface area contributed by atoms with Crippen molar-refractivity contribution in [2.24, 2.45) is 0 Å². The molecule has 5 nitrogen and oxygen atoms in total. The Morgan fingerprint density at radius 2 is 2.25 bits per heavy atom. The molecule has 0 radical (unpaired) electrons. The van der Waals surface area contributed by atoms with E-state index < -0.39 is 18.0 Å². The van der Waals surface area contributed by atoms with Crippen LogP contribution in [0.25, 0.3) is 0 Å². The summed E-state index contributed by atoms with van der Waals surface area (Å²) in [5.74, 6) is -0.113. The van der Waals surface area contributed by atoms with Gasteiger partial charge in [0.25, 0.3) is 5.91 Å². The van der Waals surface area contributed by atoms with Crippen molar-refractivity contribution in [3.05, 3.63) is 38.4 Å². The summed E-state index contributed by atoms with van der Waals surface area (Å²) in [6.45, 7) is 1.50. The number of anilines is 1. The lowest BCUT2D eigenvalue weighted by Crippen LogP contribution is -2.30. The Bertz CT molecular complexity index is 766. The Morgan fingerprint density at radius 1 is 1.46 bits per heavy atom. The Hall–Kier alpha value is -1.53. The second-order valence-electron chi connectivity index (χ2n) is 4.60. The van der Waals surface area contributed by atoms with E-state index in [-0.39, 0.29) is 5.75 Å². The van der Waals surface area contributed by atoms with Crippen LogP contribution in [0.4, 0.5) is 5.00 Å².